The first-order chi connectivity index (χ1) is 27.9. The van der Waals surface area contributed by atoms with Crippen molar-refractivity contribution >= 4 is 13.8 Å². The minimum atomic E-state index is -4.29. The van der Waals surface area contributed by atoms with E-state index in [1.165, 1.54) is 77.0 Å². The van der Waals surface area contributed by atoms with Crippen LogP contribution in [0.5, 0.6) is 0 Å². The average molecular weight is 820 g/mol. The molecule has 0 aliphatic heterocycles. The van der Waals surface area contributed by atoms with Gasteiger partial charge in [-0.05, 0) is 83.5 Å². The van der Waals surface area contributed by atoms with E-state index in [9.17, 15) is 14.3 Å². The standard InChI is InChI=1S/C48H86NO7P/c1-3-5-7-9-11-13-15-17-19-21-22-23-24-25-26-28-30-32-34-36-38-40-43-53-45-47(46-55-57(51,52)54-44-42-49)56-48(50)41-39-37-35-33-31-29-27-20-18-16-14-12-10-8-6-4-2/h5,7,11,13,17,19-20,22-23,25-27,47H,3-4,6,8-10,12,14-16,18,21,24,28-46,49H2,1-2H3,(H,51,52)/b7-5-,13-11-,19-17-,23-22-,26-25-,27-20-. The lowest BCUT2D eigenvalue weighted by molar-refractivity contribution is -0.154. The molecule has 9 heteroatoms. The van der Waals surface area contributed by atoms with E-state index < -0.39 is 13.9 Å². The van der Waals surface area contributed by atoms with E-state index in [1.807, 2.05) is 0 Å². The Morgan fingerprint density at radius 2 is 0.982 bits per heavy atom. The van der Waals surface area contributed by atoms with Gasteiger partial charge in [0.1, 0.15) is 6.10 Å². The molecule has 57 heavy (non-hydrogen) atoms. The van der Waals surface area contributed by atoms with Crippen molar-refractivity contribution in [2.45, 2.75) is 193 Å². The number of carbonyl (C=O) groups is 1. The van der Waals surface area contributed by atoms with Crippen molar-refractivity contribution in [1.82, 2.24) is 0 Å². The van der Waals surface area contributed by atoms with Gasteiger partial charge in [-0.15, -0.1) is 0 Å². The highest BCUT2D eigenvalue weighted by atomic mass is 31.2. The molecule has 2 atom stereocenters. The minimum Gasteiger partial charge on any atom is -0.457 e. The maximum atomic E-state index is 12.6. The predicted octanol–water partition coefficient (Wildman–Crippen LogP) is 13.9. The van der Waals surface area contributed by atoms with Crippen LogP contribution in [0, 0.1) is 0 Å². The molecule has 0 saturated heterocycles. The van der Waals surface area contributed by atoms with Gasteiger partial charge in [0.25, 0.3) is 0 Å². The van der Waals surface area contributed by atoms with Crippen LogP contribution in [-0.4, -0.2) is 49.9 Å². The zero-order valence-corrected chi connectivity index (χ0v) is 37.4. The summed E-state index contributed by atoms with van der Waals surface area (Å²) in [5, 5.41) is 0. The van der Waals surface area contributed by atoms with Crippen LogP contribution in [0.25, 0.3) is 0 Å². The van der Waals surface area contributed by atoms with E-state index in [0.29, 0.717) is 13.0 Å². The van der Waals surface area contributed by atoms with Crippen molar-refractivity contribution in [2.24, 2.45) is 5.73 Å². The zero-order chi connectivity index (χ0) is 41.6. The summed E-state index contributed by atoms with van der Waals surface area (Å²) in [6.45, 7) is 4.75. The first kappa shape index (κ1) is 54.9. The Hall–Kier alpha value is -2.06. The fraction of sp³-hybridized carbons (Fsp3) is 0.729. The molecule has 0 spiro atoms. The van der Waals surface area contributed by atoms with Gasteiger partial charge in [0.15, 0.2) is 0 Å². The van der Waals surface area contributed by atoms with Crippen molar-refractivity contribution in [3.8, 4) is 0 Å². The minimum absolute atomic E-state index is 0.0930. The second-order valence-electron chi connectivity index (χ2n) is 14.9. The molecule has 0 aliphatic carbocycles. The lowest BCUT2D eigenvalue weighted by Crippen LogP contribution is -2.28. The fourth-order valence-electron chi connectivity index (χ4n) is 6.02. The third-order valence-corrected chi connectivity index (χ3v) is 10.3. The number of unbranched alkanes of at least 4 members (excludes halogenated alkanes) is 18. The largest absolute Gasteiger partial charge is 0.472 e. The topological polar surface area (TPSA) is 117 Å². The number of hydrogen-bond donors (Lipinski definition) is 2. The third-order valence-electron chi connectivity index (χ3n) is 9.36. The molecule has 0 radical (unpaired) electrons. The Morgan fingerprint density at radius 3 is 1.49 bits per heavy atom. The van der Waals surface area contributed by atoms with E-state index in [4.69, 9.17) is 24.3 Å². The van der Waals surface area contributed by atoms with E-state index in [1.54, 1.807) is 0 Å². The van der Waals surface area contributed by atoms with Crippen molar-refractivity contribution in [3.05, 3.63) is 72.9 Å². The number of allylic oxidation sites excluding steroid dienone is 12. The number of carbonyl (C=O) groups excluding carboxylic acids is 1. The number of hydrogen-bond acceptors (Lipinski definition) is 7. The van der Waals surface area contributed by atoms with Crippen LogP contribution in [0.3, 0.4) is 0 Å². The summed E-state index contributed by atoms with van der Waals surface area (Å²) < 4.78 is 33.5. The molecule has 3 N–H and O–H groups in total. The second-order valence-corrected chi connectivity index (χ2v) is 16.3. The van der Waals surface area contributed by atoms with Crippen molar-refractivity contribution < 1.29 is 32.8 Å². The molecule has 330 valence electrons. The Morgan fingerprint density at radius 1 is 0.544 bits per heavy atom. The van der Waals surface area contributed by atoms with Crippen LogP contribution in [0.4, 0.5) is 0 Å². The van der Waals surface area contributed by atoms with Gasteiger partial charge in [0.05, 0.1) is 19.8 Å². The molecule has 0 rings (SSSR count). The van der Waals surface area contributed by atoms with Crippen LogP contribution in [-0.2, 0) is 27.9 Å². The Kier molecular flexibility index (Phi) is 43.4. The normalized spacial score (nSPS) is 14.1. The molecule has 2 unspecified atom stereocenters. The number of phosphoric acid groups is 1. The second kappa shape index (κ2) is 45.0. The fourth-order valence-corrected chi connectivity index (χ4v) is 6.78. The monoisotopic (exact) mass is 820 g/mol. The molecule has 0 aliphatic rings. The van der Waals surface area contributed by atoms with E-state index in [-0.39, 0.29) is 32.3 Å². The summed E-state index contributed by atoms with van der Waals surface area (Å²) in [5.41, 5.74) is 5.37. The molecule has 0 bridgehead atoms. The Bertz CT molecular complexity index is 1100. The Labute approximate surface area is 350 Å². The summed E-state index contributed by atoms with van der Waals surface area (Å²) in [4.78, 5) is 22.5. The van der Waals surface area contributed by atoms with Crippen molar-refractivity contribution in [1.29, 1.82) is 0 Å². The summed E-state index contributed by atoms with van der Waals surface area (Å²) in [6, 6.07) is 0. The quantitative estimate of drug-likeness (QED) is 0.0270. The van der Waals surface area contributed by atoms with Crippen LogP contribution in [0.1, 0.15) is 187 Å². The van der Waals surface area contributed by atoms with Crippen LogP contribution < -0.4 is 5.73 Å². The highest BCUT2D eigenvalue weighted by molar-refractivity contribution is 7.47. The summed E-state index contributed by atoms with van der Waals surface area (Å²) in [6.07, 6.45) is 56.3. The van der Waals surface area contributed by atoms with Gasteiger partial charge in [-0.3, -0.25) is 13.8 Å². The first-order valence-electron chi connectivity index (χ1n) is 22.9. The lowest BCUT2D eigenvalue weighted by atomic mass is 10.1. The molecule has 0 amide bonds. The summed E-state index contributed by atoms with van der Waals surface area (Å²) in [5.74, 6) is -0.347. The molecule has 0 aromatic carbocycles. The summed E-state index contributed by atoms with van der Waals surface area (Å²) >= 11 is 0. The van der Waals surface area contributed by atoms with Gasteiger partial charge in [-0.1, -0.05) is 170 Å². The van der Waals surface area contributed by atoms with Crippen molar-refractivity contribution in [2.75, 3.05) is 33.0 Å². The van der Waals surface area contributed by atoms with E-state index in [0.717, 1.165) is 89.9 Å². The highest BCUT2D eigenvalue weighted by Gasteiger charge is 2.25. The maximum Gasteiger partial charge on any atom is 0.472 e. The smallest absolute Gasteiger partial charge is 0.457 e. The SMILES string of the molecule is CC/C=C\C/C=C\C/C=C\C/C=C\C/C=C\CCCCCCCCOCC(COP(=O)(O)OCCN)OC(=O)CCCCCCC/C=C\CCCCCCCCC. The lowest BCUT2D eigenvalue weighted by Gasteiger charge is -2.20. The third kappa shape index (κ3) is 44.9. The van der Waals surface area contributed by atoms with Crippen LogP contribution in [0.2, 0.25) is 0 Å². The molecule has 0 fully saturated rings. The molecule has 0 aromatic heterocycles. The number of phosphoric ester groups is 1. The number of nitrogens with two attached hydrogens (primary N) is 1. The molecule has 0 saturated carbocycles. The Balaban J connectivity index is 4.06. The van der Waals surface area contributed by atoms with Crippen LogP contribution in [0.15, 0.2) is 72.9 Å². The highest BCUT2D eigenvalue weighted by Crippen LogP contribution is 2.43. The molecule has 0 aromatic rings. The van der Waals surface area contributed by atoms with Crippen LogP contribution >= 0.6 is 7.82 Å². The van der Waals surface area contributed by atoms with Gasteiger partial charge >= 0.3 is 13.8 Å². The predicted molar refractivity (Wildman–Crippen MR) is 242 cm³/mol. The van der Waals surface area contributed by atoms with Gasteiger partial charge in [0.2, 0.25) is 0 Å². The van der Waals surface area contributed by atoms with Gasteiger partial charge in [-0.2, -0.15) is 0 Å². The number of rotatable bonds is 43. The molecule has 8 nitrogen and oxygen atoms in total. The van der Waals surface area contributed by atoms with E-state index in [2.05, 4.69) is 86.8 Å². The van der Waals surface area contributed by atoms with Gasteiger partial charge in [0, 0.05) is 19.6 Å². The van der Waals surface area contributed by atoms with Gasteiger partial charge < -0.3 is 20.1 Å². The van der Waals surface area contributed by atoms with Crippen molar-refractivity contribution in [3.63, 3.8) is 0 Å². The van der Waals surface area contributed by atoms with E-state index >= 15 is 0 Å². The number of ether oxygens (including phenoxy) is 2. The summed E-state index contributed by atoms with van der Waals surface area (Å²) in [7, 11) is -4.29. The maximum absolute atomic E-state index is 12.6. The molecular weight excluding hydrogens is 734 g/mol. The molecule has 0 heterocycles. The molecular formula is C48H86NO7P. The first-order valence-corrected chi connectivity index (χ1v) is 24.4. The average Bonchev–Trinajstić information content (AvgIpc) is 3.20. The number of esters is 1. The zero-order valence-electron chi connectivity index (χ0n) is 36.6. The van der Waals surface area contributed by atoms with Gasteiger partial charge in [-0.25, -0.2) is 4.57 Å².